The van der Waals surface area contributed by atoms with E-state index in [9.17, 15) is 4.79 Å². The van der Waals surface area contributed by atoms with Crippen LogP contribution in [0.1, 0.15) is 19.8 Å². The molecule has 2 fully saturated rings. The average Bonchev–Trinajstić information content (AvgIpc) is 2.55. The van der Waals surface area contributed by atoms with Gasteiger partial charge in [0.15, 0.2) is 0 Å². The zero-order valence-corrected chi connectivity index (χ0v) is 13.2. The molecule has 0 radical (unpaired) electrons. The van der Waals surface area contributed by atoms with Gasteiger partial charge in [0.1, 0.15) is 0 Å². The summed E-state index contributed by atoms with van der Waals surface area (Å²) in [6.07, 6.45) is 2.17. The van der Waals surface area contributed by atoms with E-state index < -0.39 is 0 Å². The first kappa shape index (κ1) is 16.7. The normalized spacial score (nSPS) is 22.9. The molecule has 0 aromatic heterocycles. The fourth-order valence-corrected chi connectivity index (χ4v) is 2.78. The molecule has 0 aromatic rings. The fourth-order valence-electron chi connectivity index (χ4n) is 2.78. The van der Waals surface area contributed by atoms with Gasteiger partial charge in [-0.2, -0.15) is 0 Å². The van der Waals surface area contributed by atoms with Crippen molar-refractivity contribution in [3.05, 3.63) is 0 Å². The highest BCUT2D eigenvalue weighted by atomic mass is 16.5. The van der Waals surface area contributed by atoms with Crippen molar-refractivity contribution >= 4 is 5.91 Å². The highest BCUT2D eigenvalue weighted by Crippen LogP contribution is 2.04. The molecule has 0 aromatic carbocycles. The maximum absolute atomic E-state index is 12.1. The quantitative estimate of drug-likeness (QED) is 0.667. The van der Waals surface area contributed by atoms with Gasteiger partial charge in [0.2, 0.25) is 5.91 Å². The molecule has 2 saturated heterocycles. The van der Waals surface area contributed by atoms with Gasteiger partial charge in [-0.05, 0) is 26.3 Å². The lowest BCUT2D eigenvalue weighted by Gasteiger charge is -2.31. The Kier molecular flexibility index (Phi) is 7.43. The molecule has 6 nitrogen and oxygen atoms in total. The topological polar surface area (TPSA) is 54.0 Å². The lowest BCUT2D eigenvalue weighted by atomic mass is 10.2. The van der Waals surface area contributed by atoms with Crippen LogP contribution in [0.25, 0.3) is 0 Å². The van der Waals surface area contributed by atoms with Crippen molar-refractivity contribution in [3.8, 4) is 0 Å². The number of carbonyl (C=O) groups excluding carboxylic acids is 1. The summed E-state index contributed by atoms with van der Waals surface area (Å²) in [6.45, 7) is 10.8. The van der Waals surface area contributed by atoms with Crippen LogP contribution in [-0.2, 0) is 14.3 Å². The fraction of sp³-hybridized carbons (Fsp3) is 0.933. The lowest BCUT2D eigenvalue weighted by molar-refractivity contribution is -0.127. The first-order valence-electron chi connectivity index (χ1n) is 8.17. The van der Waals surface area contributed by atoms with Crippen molar-refractivity contribution < 1.29 is 14.3 Å². The Hall–Kier alpha value is -0.690. The van der Waals surface area contributed by atoms with Crippen LogP contribution in [0, 0.1) is 0 Å². The molecule has 122 valence electrons. The number of nitrogens with zero attached hydrogens (tertiary/aromatic N) is 2. The highest BCUT2D eigenvalue weighted by molar-refractivity contribution is 5.81. The van der Waals surface area contributed by atoms with E-state index in [1.807, 2.05) is 6.92 Å². The number of morpholine rings is 2. The number of amides is 1. The number of unbranched alkanes of at least 4 members (excludes halogenated alkanes) is 1. The highest BCUT2D eigenvalue weighted by Gasteiger charge is 2.22. The molecule has 0 bridgehead atoms. The summed E-state index contributed by atoms with van der Waals surface area (Å²) in [6, 6.07) is -0.0480. The van der Waals surface area contributed by atoms with Gasteiger partial charge in [-0.15, -0.1) is 0 Å². The average molecular weight is 299 g/mol. The molecular weight excluding hydrogens is 270 g/mol. The van der Waals surface area contributed by atoms with Crippen LogP contribution in [0.3, 0.4) is 0 Å². The molecule has 1 N–H and O–H groups in total. The third-order valence-corrected chi connectivity index (χ3v) is 4.28. The second-order valence-corrected chi connectivity index (χ2v) is 5.78. The van der Waals surface area contributed by atoms with Crippen LogP contribution in [0.2, 0.25) is 0 Å². The monoisotopic (exact) mass is 299 g/mol. The van der Waals surface area contributed by atoms with E-state index in [0.29, 0.717) is 0 Å². The van der Waals surface area contributed by atoms with E-state index in [1.165, 1.54) is 0 Å². The summed E-state index contributed by atoms with van der Waals surface area (Å²) in [7, 11) is 0. The van der Waals surface area contributed by atoms with Crippen molar-refractivity contribution in [2.75, 3.05) is 65.7 Å². The van der Waals surface area contributed by atoms with Crippen LogP contribution in [0.4, 0.5) is 0 Å². The van der Waals surface area contributed by atoms with Crippen LogP contribution in [-0.4, -0.2) is 87.4 Å². The Balaban J connectivity index is 1.52. The number of ether oxygens (including phenoxy) is 2. The minimum Gasteiger partial charge on any atom is -0.379 e. The molecule has 1 amide bonds. The van der Waals surface area contributed by atoms with Crippen LogP contribution < -0.4 is 5.32 Å². The molecule has 0 saturated carbocycles. The number of carbonyl (C=O) groups is 1. The van der Waals surface area contributed by atoms with Gasteiger partial charge in [-0.25, -0.2) is 0 Å². The standard InChI is InChI=1S/C15H29N3O3/c1-14(18-8-12-21-13-9-18)15(19)16-4-2-3-5-17-6-10-20-11-7-17/h14H,2-13H2,1H3,(H,16,19). The molecule has 2 heterocycles. The largest absolute Gasteiger partial charge is 0.379 e. The summed E-state index contributed by atoms with van der Waals surface area (Å²) >= 11 is 0. The second kappa shape index (κ2) is 9.35. The lowest BCUT2D eigenvalue weighted by Crippen LogP contribution is -2.49. The zero-order valence-electron chi connectivity index (χ0n) is 13.2. The van der Waals surface area contributed by atoms with Gasteiger partial charge < -0.3 is 14.8 Å². The Labute approximate surface area is 127 Å². The zero-order chi connectivity index (χ0) is 14.9. The Bertz CT molecular complexity index is 303. The Morgan fingerprint density at radius 3 is 2.33 bits per heavy atom. The van der Waals surface area contributed by atoms with Crippen LogP contribution in [0.5, 0.6) is 0 Å². The van der Waals surface area contributed by atoms with Crippen LogP contribution >= 0.6 is 0 Å². The number of nitrogens with one attached hydrogen (secondary N) is 1. The molecule has 1 unspecified atom stereocenters. The van der Waals surface area contributed by atoms with Crippen LogP contribution in [0.15, 0.2) is 0 Å². The Morgan fingerprint density at radius 2 is 1.67 bits per heavy atom. The van der Waals surface area contributed by atoms with E-state index in [4.69, 9.17) is 9.47 Å². The maximum atomic E-state index is 12.1. The summed E-state index contributed by atoms with van der Waals surface area (Å²) < 4.78 is 10.6. The molecule has 2 aliphatic heterocycles. The maximum Gasteiger partial charge on any atom is 0.237 e. The number of rotatable bonds is 7. The molecular formula is C15H29N3O3. The molecule has 2 rings (SSSR count). The van der Waals surface area contributed by atoms with Gasteiger partial charge in [0.25, 0.3) is 0 Å². The van der Waals surface area contributed by atoms with Gasteiger partial charge >= 0.3 is 0 Å². The van der Waals surface area contributed by atoms with E-state index in [1.54, 1.807) is 0 Å². The van der Waals surface area contributed by atoms with E-state index >= 15 is 0 Å². The molecule has 21 heavy (non-hydrogen) atoms. The van der Waals surface area contributed by atoms with Crippen molar-refractivity contribution in [1.29, 1.82) is 0 Å². The molecule has 6 heteroatoms. The number of hydrogen-bond donors (Lipinski definition) is 1. The van der Waals surface area contributed by atoms with Gasteiger partial charge in [-0.3, -0.25) is 14.6 Å². The summed E-state index contributed by atoms with van der Waals surface area (Å²) in [5.41, 5.74) is 0. The van der Waals surface area contributed by atoms with Crippen molar-refractivity contribution in [2.24, 2.45) is 0 Å². The van der Waals surface area contributed by atoms with Gasteiger partial charge in [0.05, 0.1) is 32.5 Å². The minimum atomic E-state index is -0.0480. The molecule has 0 aliphatic carbocycles. The third-order valence-electron chi connectivity index (χ3n) is 4.28. The van der Waals surface area contributed by atoms with E-state index in [-0.39, 0.29) is 11.9 Å². The number of hydrogen-bond acceptors (Lipinski definition) is 5. The van der Waals surface area contributed by atoms with Gasteiger partial charge in [0, 0.05) is 32.7 Å². The van der Waals surface area contributed by atoms with Crippen molar-refractivity contribution in [1.82, 2.24) is 15.1 Å². The van der Waals surface area contributed by atoms with E-state index in [0.717, 1.165) is 78.5 Å². The second-order valence-electron chi connectivity index (χ2n) is 5.78. The predicted molar refractivity (Wildman–Crippen MR) is 81.4 cm³/mol. The summed E-state index contributed by atoms with van der Waals surface area (Å²) in [4.78, 5) is 16.7. The molecule has 2 aliphatic rings. The minimum absolute atomic E-state index is 0.0480. The van der Waals surface area contributed by atoms with Gasteiger partial charge in [-0.1, -0.05) is 0 Å². The molecule has 0 spiro atoms. The smallest absolute Gasteiger partial charge is 0.237 e. The third kappa shape index (κ3) is 5.90. The summed E-state index contributed by atoms with van der Waals surface area (Å²) in [5, 5.41) is 3.05. The Morgan fingerprint density at radius 1 is 1.05 bits per heavy atom. The van der Waals surface area contributed by atoms with Crippen molar-refractivity contribution in [3.63, 3.8) is 0 Å². The van der Waals surface area contributed by atoms with E-state index in [2.05, 4.69) is 15.1 Å². The SMILES string of the molecule is CC(C(=O)NCCCCN1CCOCC1)N1CCOCC1. The first-order chi connectivity index (χ1) is 10.3. The molecule has 1 atom stereocenters. The first-order valence-corrected chi connectivity index (χ1v) is 8.17. The predicted octanol–water partition coefficient (Wildman–Crippen LogP) is -0.0643. The van der Waals surface area contributed by atoms with Crippen molar-refractivity contribution in [2.45, 2.75) is 25.8 Å². The summed E-state index contributed by atoms with van der Waals surface area (Å²) in [5.74, 6) is 0.142.